The number of rotatable bonds is 6. The minimum atomic E-state index is -0.361. The monoisotopic (exact) mass is 444 g/mol. The molecule has 0 radical (unpaired) electrons. The highest BCUT2D eigenvalue weighted by molar-refractivity contribution is 6.06. The largest absolute Gasteiger partial charge is 0.486 e. The number of hydrogen-bond acceptors (Lipinski definition) is 6. The van der Waals surface area contributed by atoms with E-state index in [0.717, 1.165) is 11.1 Å². The van der Waals surface area contributed by atoms with Gasteiger partial charge in [0.2, 0.25) is 0 Å². The van der Waals surface area contributed by atoms with Crippen LogP contribution >= 0.6 is 0 Å². The first-order chi connectivity index (χ1) is 16.1. The van der Waals surface area contributed by atoms with Gasteiger partial charge in [0.05, 0.1) is 29.4 Å². The number of carbonyl (C=O) groups excluding carboxylic acids is 1. The summed E-state index contributed by atoms with van der Waals surface area (Å²) in [7, 11) is 0. The normalized spacial score (nSPS) is 12.8. The number of nitrogens with one attached hydrogen (secondary N) is 1. The van der Waals surface area contributed by atoms with Gasteiger partial charge in [0.15, 0.2) is 17.1 Å². The second kappa shape index (κ2) is 8.91. The highest BCUT2D eigenvalue weighted by atomic mass is 16.6. The Balaban J connectivity index is 1.50. The lowest BCUT2D eigenvalue weighted by molar-refractivity contribution is 0.0235. The SMILES string of the molecule is CC(C)n1ncc2c(C(=O)NOCc3ccccc3)cc(-c3ccc4c(c3)OCCO4)nc21. The molecular formula is C25H24N4O4. The average Bonchev–Trinajstić information content (AvgIpc) is 3.28. The lowest BCUT2D eigenvalue weighted by Crippen LogP contribution is -2.24. The predicted octanol–water partition coefficient (Wildman–Crippen LogP) is 4.31. The van der Waals surface area contributed by atoms with Gasteiger partial charge in [-0.25, -0.2) is 15.1 Å². The van der Waals surface area contributed by atoms with E-state index in [2.05, 4.69) is 10.6 Å². The van der Waals surface area contributed by atoms with Crippen LogP contribution in [-0.4, -0.2) is 33.9 Å². The van der Waals surface area contributed by atoms with Gasteiger partial charge in [-0.3, -0.25) is 9.63 Å². The third kappa shape index (κ3) is 4.25. The minimum Gasteiger partial charge on any atom is -0.486 e. The maximum absolute atomic E-state index is 13.1. The van der Waals surface area contributed by atoms with Crippen LogP contribution in [0.2, 0.25) is 0 Å². The van der Waals surface area contributed by atoms with Gasteiger partial charge in [-0.2, -0.15) is 5.10 Å². The topological polar surface area (TPSA) is 87.5 Å². The number of fused-ring (bicyclic) bond motifs is 2. The fourth-order valence-electron chi connectivity index (χ4n) is 3.75. The van der Waals surface area contributed by atoms with E-state index in [-0.39, 0.29) is 18.6 Å². The molecule has 0 atom stereocenters. The Morgan fingerprint density at radius 1 is 1.09 bits per heavy atom. The molecule has 0 spiro atoms. The predicted molar refractivity (Wildman–Crippen MR) is 123 cm³/mol. The van der Waals surface area contributed by atoms with Crippen molar-refractivity contribution in [1.29, 1.82) is 0 Å². The van der Waals surface area contributed by atoms with E-state index >= 15 is 0 Å². The Hall–Kier alpha value is -3.91. The van der Waals surface area contributed by atoms with Crippen LogP contribution in [0.1, 0.15) is 35.8 Å². The van der Waals surface area contributed by atoms with Gasteiger partial charge in [-0.05, 0) is 43.7 Å². The van der Waals surface area contributed by atoms with Crippen LogP contribution in [0.4, 0.5) is 0 Å². The van der Waals surface area contributed by atoms with Crippen LogP contribution in [0, 0.1) is 0 Å². The maximum Gasteiger partial charge on any atom is 0.275 e. The smallest absolute Gasteiger partial charge is 0.275 e. The lowest BCUT2D eigenvalue weighted by atomic mass is 10.1. The molecule has 168 valence electrons. The van der Waals surface area contributed by atoms with Crippen molar-refractivity contribution in [2.24, 2.45) is 0 Å². The van der Waals surface area contributed by atoms with E-state index in [0.29, 0.717) is 47.0 Å². The lowest BCUT2D eigenvalue weighted by Gasteiger charge is -2.19. The summed E-state index contributed by atoms with van der Waals surface area (Å²) in [5, 5.41) is 5.12. The zero-order chi connectivity index (χ0) is 22.8. The molecular weight excluding hydrogens is 420 g/mol. The molecule has 2 aromatic carbocycles. The van der Waals surface area contributed by atoms with Crippen LogP contribution in [0.3, 0.4) is 0 Å². The Morgan fingerprint density at radius 3 is 2.67 bits per heavy atom. The molecule has 1 amide bonds. The number of nitrogens with zero attached hydrogens (tertiary/aromatic N) is 3. The maximum atomic E-state index is 13.1. The van der Waals surface area contributed by atoms with Crippen molar-refractivity contribution in [3.63, 3.8) is 0 Å². The Bertz CT molecular complexity index is 1300. The number of amides is 1. The van der Waals surface area contributed by atoms with Crippen LogP contribution in [-0.2, 0) is 11.4 Å². The van der Waals surface area contributed by atoms with Crippen molar-refractivity contribution in [3.05, 3.63) is 71.9 Å². The molecule has 0 fully saturated rings. The molecule has 0 unspecified atom stereocenters. The van der Waals surface area contributed by atoms with Crippen molar-refractivity contribution in [2.75, 3.05) is 13.2 Å². The number of pyridine rings is 1. The average molecular weight is 444 g/mol. The fourth-order valence-corrected chi connectivity index (χ4v) is 3.75. The third-order valence-corrected chi connectivity index (χ3v) is 5.38. The molecule has 0 saturated heterocycles. The van der Waals surface area contributed by atoms with Crippen molar-refractivity contribution in [2.45, 2.75) is 26.5 Å². The van der Waals surface area contributed by atoms with E-state index < -0.39 is 0 Å². The van der Waals surface area contributed by atoms with Gasteiger partial charge in [0.25, 0.3) is 5.91 Å². The number of carbonyl (C=O) groups is 1. The molecule has 8 nitrogen and oxygen atoms in total. The second-order valence-corrected chi connectivity index (χ2v) is 8.04. The summed E-state index contributed by atoms with van der Waals surface area (Å²) in [4.78, 5) is 23.4. The summed E-state index contributed by atoms with van der Waals surface area (Å²) in [5.41, 5.74) is 6.03. The summed E-state index contributed by atoms with van der Waals surface area (Å²) in [6.45, 7) is 5.33. The summed E-state index contributed by atoms with van der Waals surface area (Å²) in [6.07, 6.45) is 1.67. The van der Waals surface area contributed by atoms with Crippen molar-refractivity contribution >= 4 is 16.9 Å². The number of hydrogen-bond donors (Lipinski definition) is 1. The first kappa shape index (κ1) is 21.0. The van der Waals surface area contributed by atoms with Gasteiger partial charge >= 0.3 is 0 Å². The molecule has 0 saturated carbocycles. The Labute approximate surface area is 191 Å². The molecule has 3 heterocycles. The molecule has 5 rings (SSSR count). The minimum absolute atomic E-state index is 0.0794. The number of benzene rings is 2. The summed E-state index contributed by atoms with van der Waals surface area (Å²) in [5.74, 6) is 1.00. The van der Waals surface area contributed by atoms with Gasteiger partial charge in [0.1, 0.15) is 13.2 Å². The van der Waals surface area contributed by atoms with Crippen molar-refractivity contribution in [3.8, 4) is 22.8 Å². The van der Waals surface area contributed by atoms with Crippen molar-refractivity contribution in [1.82, 2.24) is 20.2 Å². The molecule has 1 aliphatic rings. The molecule has 2 aromatic heterocycles. The molecule has 0 bridgehead atoms. The first-order valence-electron chi connectivity index (χ1n) is 10.8. The zero-order valence-electron chi connectivity index (χ0n) is 18.4. The van der Waals surface area contributed by atoms with E-state index in [9.17, 15) is 4.79 Å². The summed E-state index contributed by atoms with van der Waals surface area (Å²) >= 11 is 0. The molecule has 1 aliphatic heterocycles. The molecule has 1 N–H and O–H groups in total. The van der Waals surface area contributed by atoms with Gasteiger partial charge in [-0.15, -0.1) is 0 Å². The van der Waals surface area contributed by atoms with E-state index in [1.54, 1.807) is 16.9 Å². The Kier molecular flexibility index (Phi) is 5.66. The molecule has 0 aliphatic carbocycles. The van der Waals surface area contributed by atoms with Gasteiger partial charge in [0, 0.05) is 11.6 Å². The summed E-state index contributed by atoms with van der Waals surface area (Å²) < 4.78 is 13.2. The highest BCUT2D eigenvalue weighted by Gasteiger charge is 2.20. The molecule has 33 heavy (non-hydrogen) atoms. The number of ether oxygens (including phenoxy) is 2. The van der Waals surface area contributed by atoms with Crippen LogP contribution in [0.15, 0.2) is 60.8 Å². The Morgan fingerprint density at radius 2 is 1.88 bits per heavy atom. The molecule has 4 aromatic rings. The van der Waals surface area contributed by atoms with Crippen LogP contribution in [0.25, 0.3) is 22.3 Å². The van der Waals surface area contributed by atoms with E-state index in [4.69, 9.17) is 19.3 Å². The van der Waals surface area contributed by atoms with Gasteiger partial charge < -0.3 is 9.47 Å². The first-order valence-corrected chi connectivity index (χ1v) is 10.8. The zero-order valence-corrected chi connectivity index (χ0v) is 18.4. The molecule has 8 heteroatoms. The van der Waals surface area contributed by atoms with E-state index in [1.165, 1.54) is 0 Å². The van der Waals surface area contributed by atoms with E-state index in [1.807, 2.05) is 62.4 Å². The highest BCUT2D eigenvalue weighted by Crippen LogP contribution is 2.35. The summed E-state index contributed by atoms with van der Waals surface area (Å²) in [6, 6.07) is 17.1. The third-order valence-electron chi connectivity index (χ3n) is 5.38. The van der Waals surface area contributed by atoms with Crippen LogP contribution in [0.5, 0.6) is 11.5 Å². The number of hydroxylamine groups is 1. The van der Waals surface area contributed by atoms with Crippen molar-refractivity contribution < 1.29 is 19.1 Å². The standard InChI is InChI=1S/C25H24N4O4/c1-16(2)29-24-20(14-26-29)19(25(30)28-33-15-17-6-4-3-5-7-17)13-21(27-24)18-8-9-22-23(12-18)32-11-10-31-22/h3-9,12-14,16H,10-11,15H2,1-2H3,(H,28,30). The second-order valence-electron chi connectivity index (χ2n) is 8.04. The van der Waals surface area contributed by atoms with Crippen LogP contribution < -0.4 is 15.0 Å². The van der Waals surface area contributed by atoms with Gasteiger partial charge in [-0.1, -0.05) is 30.3 Å². The number of aromatic nitrogens is 3. The fraction of sp³-hybridized carbons (Fsp3) is 0.240. The quantitative estimate of drug-likeness (QED) is 0.446.